The second-order valence-electron chi connectivity index (χ2n) is 8.74. The van der Waals surface area contributed by atoms with Crippen LogP contribution in [0.4, 0.5) is 8.78 Å². The van der Waals surface area contributed by atoms with Crippen LogP contribution in [0.1, 0.15) is 60.0 Å². The Labute approximate surface area is 201 Å². The summed E-state index contributed by atoms with van der Waals surface area (Å²) in [7, 11) is 0. The number of rotatable bonds is 7. The van der Waals surface area contributed by atoms with Crippen LogP contribution >= 0.6 is 0 Å². The molecule has 2 aromatic rings. The van der Waals surface area contributed by atoms with E-state index in [-0.39, 0.29) is 60.4 Å². The third kappa shape index (κ3) is 4.65. The van der Waals surface area contributed by atoms with Gasteiger partial charge < -0.3 is 15.0 Å². The first-order valence-corrected chi connectivity index (χ1v) is 11.6. The Hall–Kier alpha value is -3.69. The molecule has 0 fully saturated rings. The highest BCUT2D eigenvalue weighted by Gasteiger charge is 2.39. The Bertz CT molecular complexity index is 1240. The number of carbonyl (C=O) groups excluding carboxylic acids is 2. The second kappa shape index (κ2) is 9.89. The van der Waals surface area contributed by atoms with E-state index < -0.39 is 23.0 Å². The Kier molecular flexibility index (Phi) is 6.90. The molecule has 0 radical (unpaired) electrons. The fourth-order valence-electron chi connectivity index (χ4n) is 4.12. The van der Waals surface area contributed by atoms with Crippen molar-refractivity contribution < 1.29 is 23.1 Å². The van der Waals surface area contributed by atoms with Crippen LogP contribution in [0.2, 0.25) is 0 Å². The molecule has 2 bridgehead atoms. The summed E-state index contributed by atoms with van der Waals surface area (Å²) < 4.78 is 34.5. The van der Waals surface area contributed by atoms with E-state index >= 15 is 0 Å². The third-order valence-electron chi connectivity index (χ3n) is 6.26. The van der Waals surface area contributed by atoms with Gasteiger partial charge in [0.25, 0.3) is 11.8 Å². The van der Waals surface area contributed by atoms with Gasteiger partial charge in [0.1, 0.15) is 23.9 Å². The Balaban J connectivity index is 1.75. The molecule has 0 unspecified atom stereocenters. The number of nitrogens with one attached hydrogen (secondary N) is 1. The summed E-state index contributed by atoms with van der Waals surface area (Å²) in [6.07, 6.45) is 6.69. The predicted molar refractivity (Wildman–Crippen MR) is 126 cm³/mol. The van der Waals surface area contributed by atoms with Crippen molar-refractivity contribution in [3.63, 3.8) is 0 Å². The first-order chi connectivity index (χ1) is 16.7. The van der Waals surface area contributed by atoms with Crippen molar-refractivity contribution in [1.82, 2.24) is 14.9 Å². The largest absolute Gasteiger partial charge is 0.487 e. The number of benzene rings is 1. The number of ether oxygens (including phenoxy) is 1. The summed E-state index contributed by atoms with van der Waals surface area (Å²) in [5.41, 5.74) is -0.811. The molecule has 3 heterocycles. The van der Waals surface area contributed by atoms with Crippen LogP contribution in [-0.2, 0) is 6.54 Å². The zero-order valence-electron chi connectivity index (χ0n) is 19.9. The number of fused-ring (bicyclic) bond motifs is 4. The van der Waals surface area contributed by atoms with Crippen molar-refractivity contribution in [3.05, 3.63) is 75.2 Å². The van der Waals surface area contributed by atoms with E-state index in [0.29, 0.717) is 6.42 Å². The molecule has 10 heteroatoms. The number of amides is 2. The molecule has 186 valence electrons. The van der Waals surface area contributed by atoms with Crippen LogP contribution in [0.25, 0.3) is 0 Å². The minimum Gasteiger partial charge on any atom is -0.487 e. The molecule has 0 aliphatic carbocycles. The monoisotopic (exact) mass is 486 g/mol. The van der Waals surface area contributed by atoms with Crippen molar-refractivity contribution in [2.24, 2.45) is 0 Å². The molecule has 2 aliphatic rings. The normalized spacial score (nSPS) is 18.8. The van der Waals surface area contributed by atoms with Crippen LogP contribution in [0.3, 0.4) is 0 Å². The van der Waals surface area contributed by atoms with Crippen LogP contribution < -0.4 is 20.5 Å². The van der Waals surface area contributed by atoms with Gasteiger partial charge in [-0.25, -0.2) is 8.78 Å². The lowest BCUT2D eigenvalue weighted by molar-refractivity contribution is 0.0650. The van der Waals surface area contributed by atoms with Gasteiger partial charge in [0.05, 0.1) is 12.6 Å². The zero-order chi connectivity index (χ0) is 25.3. The van der Waals surface area contributed by atoms with Gasteiger partial charge in [0.2, 0.25) is 5.43 Å². The van der Waals surface area contributed by atoms with Gasteiger partial charge in [-0.15, -0.1) is 0 Å². The van der Waals surface area contributed by atoms with Crippen LogP contribution in [0.15, 0.2) is 41.3 Å². The Morgan fingerprint density at radius 1 is 1.17 bits per heavy atom. The Morgan fingerprint density at radius 2 is 1.91 bits per heavy atom. The van der Waals surface area contributed by atoms with E-state index in [0.717, 1.165) is 18.6 Å². The van der Waals surface area contributed by atoms with Crippen molar-refractivity contribution in [3.8, 4) is 5.75 Å². The van der Waals surface area contributed by atoms with Crippen molar-refractivity contribution >= 4 is 11.8 Å². The molecular weight excluding hydrogens is 458 g/mol. The fourth-order valence-corrected chi connectivity index (χ4v) is 4.12. The molecule has 0 saturated heterocycles. The molecule has 4 rings (SSSR count). The topological polar surface area (TPSA) is 83.9 Å². The minimum absolute atomic E-state index is 0.0703. The Morgan fingerprint density at radius 3 is 2.63 bits per heavy atom. The standard InChI is InChI=1S/C25H28F2N4O4/c1-4-5-10-35-23-21-25(34)29-14-31(16(3)7-6-15(29)2)30(21)13-19(22(23)32)24(33)28-12-17-8-9-18(26)11-20(17)27/h6-9,11,13,15-16H,4-5,10,12,14H2,1-3H3,(H,28,33)/t15-,16-/m0/s1. The van der Waals surface area contributed by atoms with Crippen molar-refractivity contribution in [2.45, 2.75) is 52.2 Å². The van der Waals surface area contributed by atoms with Crippen LogP contribution in [0.5, 0.6) is 5.75 Å². The molecule has 2 atom stereocenters. The highest BCUT2D eigenvalue weighted by molar-refractivity contribution is 5.99. The number of pyridine rings is 1. The van der Waals surface area contributed by atoms with Crippen LogP contribution in [-0.4, -0.2) is 46.7 Å². The van der Waals surface area contributed by atoms with E-state index in [1.807, 2.05) is 37.9 Å². The molecule has 0 saturated carbocycles. The van der Waals surface area contributed by atoms with E-state index in [1.165, 1.54) is 16.9 Å². The molecule has 1 N–H and O–H groups in total. The highest BCUT2D eigenvalue weighted by atomic mass is 19.1. The van der Waals surface area contributed by atoms with Gasteiger partial charge >= 0.3 is 0 Å². The summed E-state index contributed by atoms with van der Waals surface area (Å²) in [6.45, 7) is 6.04. The zero-order valence-corrected chi connectivity index (χ0v) is 19.9. The fraction of sp³-hybridized carbons (Fsp3) is 0.400. The maximum Gasteiger partial charge on any atom is 0.278 e. The lowest BCUT2D eigenvalue weighted by atomic mass is 10.1. The number of hydrogen-bond donors (Lipinski definition) is 1. The molecule has 2 amide bonds. The lowest BCUT2D eigenvalue weighted by Gasteiger charge is -2.42. The van der Waals surface area contributed by atoms with E-state index in [2.05, 4.69) is 5.32 Å². The predicted octanol–water partition coefficient (Wildman–Crippen LogP) is 2.93. The van der Waals surface area contributed by atoms with E-state index in [9.17, 15) is 23.2 Å². The summed E-state index contributed by atoms with van der Waals surface area (Å²) in [6, 6.07) is 2.72. The summed E-state index contributed by atoms with van der Waals surface area (Å²) >= 11 is 0. The number of carbonyl (C=O) groups is 2. The number of halogens is 2. The average Bonchev–Trinajstić information content (AvgIpc) is 2.95. The molecular formula is C25H28F2N4O4. The molecule has 0 spiro atoms. The summed E-state index contributed by atoms with van der Waals surface area (Å²) in [4.78, 5) is 41.5. The van der Waals surface area contributed by atoms with E-state index in [4.69, 9.17) is 4.74 Å². The number of nitrogens with zero attached hydrogens (tertiary/aromatic N) is 3. The summed E-state index contributed by atoms with van der Waals surface area (Å²) in [5, 5.41) is 4.38. The number of aromatic nitrogens is 1. The molecule has 2 aliphatic heterocycles. The SMILES string of the molecule is CCCCOc1c2n(cc(C(=O)NCc3ccc(F)cc3F)c1=O)N1CN(C2=O)[C@@H](C)C=C[C@@H]1C. The van der Waals surface area contributed by atoms with E-state index in [1.54, 1.807) is 4.90 Å². The van der Waals surface area contributed by atoms with Crippen molar-refractivity contribution in [2.75, 3.05) is 18.3 Å². The van der Waals surface area contributed by atoms with Crippen LogP contribution in [0, 0.1) is 11.6 Å². The van der Waals surface area contributed by atoms with Crippen molar-refractivity contribution in [1.29, 1.82) is 0 Å². The molecule has 8 nitrogen and oxygen atoms in total. The first kappa shape index (κ1) is 24.4. The van der Waals surface area contributed by atoms with Gasteiger partial charge in [0.15, 0.2) is 11.4 Å². The molecule has 35 heavy (non-hydrogen) atoms. The van der Waals surface area contributed by atoms with Gasteiger partial charge in [-0.05, 0) is 26.3 Å². The number of unbranched alkanes of at least 4 members (excludes halogenated alkanes) is 1. The summed E-state index contributed by atoms with van der Waals surface area (Å²) in [5.74, 6) is -2.83. The van der Waals surface area contributed by atoms with Gasteiger partial charge in [-0.1, -0.05) is 31.6 Å². The quantitative estimate of drug-likeness (QED) is 0.481. The smallest absolute Gasteiger partial charge is 0.278 e. The number of hydrogen-bond acceptors (Lipinski definition) is 5. The van der Waals surface area contributed by atoms with Gasteiger partial charge in [-0.2, -0.15) is 0 Å². The average molecular weight is 487 g/mol. The molecule has 1 aromatic carbocycles. The van der Waals surface area contributed by atoms with Gasteiger partial charge in [0, 0.05) is 30.4 Å². The maximum absolute atomic E-state index is 14.0. The first-order valence-electron chi connectivity index (χ1n) is 11.6. The van der Waals surface area contributed by atoms with Gasteiger partial charge in [-0.3, -0.25) is 24.1 Å². The second-order valence-corrected chi connectivity index (χ2v) is 8.74. The minimum atomic E-state index is -0.805. The lowest BCUT2D eigenvalue weighted by Crippen LogP contribution is -2.57. The maximum atomic E-state index is 14.0. The third-order valence-corrected chi connectivity index (χ3v) is 6.26. The highest BCUT2D eigenvalue weighted by Crippen LogP contribution is 2.27. The molecule has 1 aromatic heterocycles.